The highest BCUT2D eigenvalue weighted by Gasteiger charge is 2.59. The number of nitrogen functional groups attached to an aromatic ring is 1. The number of fused-ring (bicyclic) bond motifs is 1. The van der Waals surface area contributed by atoms with Crippen LogP contribution in [0.1, 0.15) is 23.0 Å². The van der Waals surface area contributed by atoms with E-state index in [0.717, 1.165) is 11.8 Å². The molecule has 5 rings (SSSR count). The number of anilines is 1. The Morgan fingerprint density at radius 1 is 1.33 bits per heavy atom. The number of halogens is 3. The first-order valence-corrected chi connectivity index (χ1v) is 11.3. The highest BCUT2D eigenvalue weighted by atomic mass is 19.3. The highest BCUT2D eigenvalue weighted by molar-refractivity contribution is 5.35. The molecule has 3 aromatic rings. The number of nitrogens with zero attached hydrogens (tertiary/aromatic N) is 5. The largest absolute Gasteiger partial charge is 0.481 e. The van der Waals surface area contributed by atoms with Crippen molar-refractivity contribution in [3.63, 3.8) is 0 Å². The second-order valence-electron chi connectivity index (χ2n) is 8.90. The van der Waals surface area contributed by atoms with Crippen molar-refractivity contribution in [3.05, 3.63) is 69.7 Å². The molecule has 0 saturated carbocycles. The Morgan fingerprint density at radius 3 is 2.86 bits per heavy atom. The summed E-state index contributed by atoms with van der Waals surface area (Å²) in [5.41, 5.74) is 6.75. The van der Waals surface area contributed by atoms with E-state index in [1.54, 1.807) is 16.8 Å². The zero-order valence-electron chi connectivity index (χ0n) is 19.4. The Bertz CT molecular complexity index is 1330. The smallest absolute Gasteiger partial charge is 0.351 e. The maximum atomic E-state index is 14.9. The average Bonchev–Trinajstić information content (AvgIpc) is 3.27. The Balaban J connectivity index is 1.32. The SMILES string of the molecule is COc1c2c(nn1Cc1cccc(F)c1)CN(C[C@H]1O[C@@H](n3ccc(N)nc3=O)C(F)(F)[C@@H]1O)CC2. The third-order valence-electron chi connectivity index (χ3n) is 6.47. The number of nitrogens with two attached hydrogens (primary N) is 1. The van der Waals surface area contributed by atoms with Crippen LogP contribution in [0.15, 0.2) is 41.3 Å². The summed E-state index contributed by atoms with van der Waals surface area (Å²) in [6, 6.07) is 7.39. The van der Waals surface area contributed by atoms with Gasteiger partial charge < -0.3 is 20.3 Å². The number of ether oxygens (including phenoxy) is 2. The minimum Gasteiger partial charge on any atom is -0.481 e. The molecular formula is C23H25F3N6O4. The van der Waals surface area contributed by atoms with Gasteiger partial charge in [-0.2, -0.15) is 18.9 Å². The fourth-order valence-corrected chi connectivity index (χ4v) is 4.75. The van der Waals surface area contributed by atoms with Gasteiger partial charge in [0.25, 0.3) is 0 Å². The van der Waals surface area contributed by atoms with Crippen molar-refractivity contribution in [3.8, 4) is 5.88 Å². The lowest BCUT2D eigenvalue weighted by Crippen LogP contribution is -2.44. The van der Waals surface area contributed by atoms with Crippen molar-refractivity contribution >= 4 is 5.82 Å². The van der Waals surface area contributed by atoms with Crippen LogP contribution in [0.25, 0.3) is 0 Å². The van der Waals surface area contributed by atoms with E-state index in [4.69, 9.17) is 15.2 Å². The molecule has 2 aromatic heterocycles. The summed E-state index contributed by atoms with van der Waals surface area (Å²) < 4.78 is 56.7. The lowest BCUT2D eigenvalue weighted by Gasteiger charge is -2.29. The molecule has 2 aliphatic heterocycles. The molecule has 3 atom stereocenters. The predicted octanol–water partition coefficient (Wildman–Crippen LogP) is 1.17. The molecule has 0 spiro atoms. The fraction of sp³-hybridized carbons (Fsp3) is 0.435. The summed E-state index contributed by atoms with van der Waals surface area (Å²) in [6.45, 7) is 1.09. The zero-order chi connectivity index (χ0) is 25.6. The molecule has 0 unspecified atom stereocenters. The third-order valence-corrected chi connectivity index (χ3v) is 6.47. The van der Waals surface area contributed by atoms with E-state index in [2.05, 4.69) is 10.1 Å². The molecule has 13 heteroatoms. The standard InChI is InChI=1S/C23H25F3N6O4/c1-35-20-15-5-7-30(11-16(15)29-32(20)10-13-3-2-4-14(24)9-13)12-17-19(33)23(25,26)21(36-17)31-8-6-18(27)28-22(31)34/h2-4,6,8-9,17,19,21,33H,5,7,10-12H2,1H3,(H2,27,28,34)/t17-,19-,21-/m1/s1. The molecule has 1 saturated heterocycles. The van der Waals surface area contributed by atoms with Crippen molar-refractivity contribution in [1.82, 2.24) is 24.2 Å². The zero-order valence-corrected chi connectivity index (χ0v) is 19.4. The summed E-state index contributed by atoms with van der Waals surface area (Å²) >= 11 is 0. The van der Waals surface area contributed by atoms with E-state index in [9.17, 15) is 23.1 Å². The van der Waals surface area contributed by atoms with Crippen LogP contribution in [-0.2, 0) is 24.2 Å². The van der Waals surface area contributed by atoms with Crippen LogP contribution >= 0.6 is 0 Å². The van der Waals surface area contributed by atoms with Crippen LogP contribution in [0.3, 0.4) is 0 Å². The van der Waals surface area contributed by atoms with Crippen LogP contribution in [0.4, 0.5) is 19.0 Å². The van der Waals surface area contributed by atoms with Crippen LogP contribution in [-0.4, -0.2) is 67.7 Å². The molecule has 2 aliphatic rings. The van der Waals surface area contributed by atoms with Crippen molar-refractivity contribution in [2.75, 3.05) is 25.9 Å². The fourth-order valence-electron chi connectivity index (χ4n) is 4.75. The van der Waals surface area contributed by atoms with Crippen molar-refractivity contribution in [1.29, 1.82) is 0 Å². The number of hydrogen-bond acceptors (Lipinski definition) is 8. The third kappa shape index (κ3) is 4.33. The summed E-state index contributed by atoms with van der Waals surface area (Å²) in [5.74, 6) is -3.61. The Labute approximate surface area is 203 Å². The van der Waals surface area contributed by atoms with Gasteiger partial charge in [0.05, 0.1) is 19.3 Å². The number of benzene rings is 1. The molecule has 0 radical (unpaired) electrons. The molecule has 3 N–H and O–H groups in total. The van der Waals surface area contributed by atoms with E-state index in [1.807, 2.05) is 4.90 Å². The Hall–Kier alpha value is -3.42. The number of aliphatic hydroxyl groups is 1. The van der Waals surface area contributed by atoms with Crippen LogP contribution in [0.5, 0.6) is 5.88 Å². The van der Waals surface area contributed by atoms with Crippen molar-refractivity contribution < 1.29 is 27.8 Å². The van der Waals surface area contributed by atoms with E-state index in [0.29, 0.717) is 47.8 Å². The van der Waals surface area contributed by atoms with E-state index < -0.39 is 30.0 Å². The van der Waals surface area contributed by atoms with Crippen LogP contribution < -0.4 is 16.2 Å². The van der Waals surface area contributed by atoms with E-state index in [-0.39, 0.29) is 18.2 Å². The summed E-state index contributed by atoms with van der Waals surface area (Å²) in [5, 5.41) is 15.0. The van der Waals surface area contributed by atoms with Crippen molar-refractivity contribution in [2.24, 2.45) is 0 Å². The number of alkyl halides is 2. The van der Waals surface area contributed by atoms with E-state index in [1.165, 1.54) is 25.3 Å². The molecule has 1 aromatic carbocycles. The maximum Gasteiger partial charge on any atom is 0.351 e. The van der Waals surface area contributed by atoms with Gasteiger partial charge in [0.15, 0.2) is 0 Å². The van der Waals surface area contributed by atoms with Gasteiger partial charge >= 0.3 is 11.6 Å². The van der Waals surface area contributed by atoms with Gasteiger partial charge in [-0.05, 0) is 30.2 Å². The number of aliphatic hydroxyl groups excluding tert-OH is 1. The number of aromatic nitrogens is 4. The minimum absolute atomic E-state index is 0.0110. The lowest BCUT2D eigenvalue weighted by atomic mass is 10.0. The molecule has 192 valence electrons. The number of hydrogen-bond donors (Lipinski definition) is 2. The topological polar surface area (TPSA) is 121 Å². The summed E-state index contributed by atoms with van der Waals surface area (Å²) in [7, 11) is 1.53. The first kappa shape index (κ1) is 24.3. The summed E-state index contributed by atoms with van der Waals surface area (Å²) in [4.78, 5) is 17.4. The second-order valence-corrected chi connectivity index (χ2v) is 8.90. The van der Waals surface area contributed by atoms with Gasteiger partial charge in [0.1, 0.15) is 23.8 Å². The first-order valence-electron chi connectivity index (χ1n) is 11.3. The molecule has 0 amide bonds. The van der Waals surface area contributed by atoms with Gasteiger partial charge in [-0.1, -0.05) is 12.1 Å². The van der Waals surface area contributed by atoms with Crippen LogP contribution in [0.2, 0.25) is 0 Å². The Kier molecular flexibility index (Phi) is 6.22. The lowest BCUT2D eigenvalue weighted by molar-refractivity contribution is -0.140. The van der Waals surface area contributed by atoms with E-state index >= 15 is 0 Å². The molecule has 0 aliphatic carbocycles. The molecule has 4 heterocycles. The van der Waals surface area contributed by atoms with Gasteiger partial charge in [-0.3, -0.25) is 9.47 Å². The second kappa shape index (κ2) is 9.22. The molecule has 1 fully saturated rings. The molecule has 0 bridgehead atoms. The Morgan fingerprint density at radius 2 is 2.14 bits per heavy atom. The number of rotatable bonds is 6. The predicted molar refractivity (Wildman–Crippen MR) is 121 cm³/mol. The first-order chi connectivity index (χ1) is 17.2. The van der Waals surface area contributed by atoms with Gasteiger partial charge in [-0.15, -0.1) is 0 Å². The maximum absolute atomic E-state index is 14.9. The van der Waals surface area contributed by atoms with Gasteiger partial charge in [-0.25, -0.2) is 13.9 Å². The van der Waals surface area contributed by atoms with Crippen LogP contribution in [0, 0.1) is 5.82 Å². The molecule has 36 heavy (non-hydrogen) atoms. The number of methoxy groups -OCH3 is 1. The molecular weight excluding hydrogens is 481 g/mol. The summed E-state index contributed by atoms with van der Waals surface area (Å²) in [6.07, 6.45) is -3.79. The average molecular weight is 506 g/mol. The highest BCUT2D eigenvalue weighted by Crippen LogP contribution is 2.42. The monoisotopic (exact) mass is 506 g/mol. The van der Waals surface area contributed by atoms with Gasteiger partial charge in [0.2, 0.25) is 12.1 Å². The minimum atomic E-state index is -3.72. The van der Waals surface area contributed by atoms with Crippen molar-refractivity contribution in [2.45, 2.75) is 43.9 Å². The van der Waals surface area contributed by atoms with Gasteiger partial charge in [0, 0.05) is 31.4 Å². The molecule has 10 nitrogen and oxygen atoms in total. The quantitative estimate of drug-likeness (QED) is 0.511. The normalized spacial score (nSPS) is 23.5.